The first-order valence-corrected chi connectivity index (χ1v) is 10.4. The van der Waals surface area contributed by atoms with Gasteiger partial charge in [-0.2, -0.15) is 0 Å². The lowest BCUT2D eigenvalue weighted by atomic mass is 9.95. The first kappa shape index (κ1) is 20.5. The van der Waals surface area contributed by atoms with Crippen LogP contribution in [0.2, 0.25) is 0 Å². The number of rotatable bonds is 2. The van der Waals surface area contributed by atoms with Crippen molar-refractivity contribution >= 4 is 31.9 Å². The molecule has 5 heteroatoms. The normalized spacial score (nSPS) is 23.0. The second-order valence-electron chi connectivity index (χ2n) is 6.40. The van der Waals surface area contributed by atoms with Crippen LogP contribution in [0.3, 0.4) is 0 Å². The molecule has 3 nitrogen and oxygen atoms in total. The number of ether oxygens (including phenoxy) is 2. The topological polar surface area (TPSA) is 44.5 Å². The summed E-state index contributed by atoms with van der Waals surface area (Å²) in [6.45, 7) is 7.93. The maximum atomic E-state index is 5.99. The highest BCUT2D eigenvalue weighted by Gasteiger charge is 2.19. The molecule has 2 aliphatic rings. The van der Waals surface area contributed by atoms with Gasteiger partial charge in [0.25, 0.3) is 0 Å². The lowest BCUT2D eigenvalue weighted by Crippen LogP contribution is -2.29. The van der Waals surface area contributed by atoms with Crippen LogP contribution in [-0.2, 0) is 4.74 Å². The Kier molecular flexibility index (Phi) is 8.04. The fourth-order valence-electron chi connectivity index (χ4n) is 3.02. The number of benzene rings is 1. The monoisotopic (exact) mass is 471 g/mol. The summed E-state index contributed by atoms with van der Waals surface area (Å²) in [6, 6.07) is 6.37. The highest BCUT2D eigenvalue weighted by Crippen LogP contribution is 2.38. The molecule has 2 heterocycles. The van der Waals surface area contributed by atoms with Gasteiger partial charge in [0.2, 0.25) is 0 Å². The van der Waals surface area contributed by atoms with Crippen molar-refractivity contribution in [3.05, 3.63) is 50.1 Å². The highest BCUT2D eigenvalue weighted by molar-refractivity contribution is 9.11. The summed E-state index contributed by atoms with van der Waals surface area (Å²) >= 11 is 6.89. The maximum Gasteiger partial charge on any atom is 0.136 e. The summed E-state index contributed by atoms with van der Waals surface area (Å²) in [5.74, 6) is 2.71. The molecule has 2 unspecified atom stereocenters. The molecule has 0 saturated carbocycles. The van der Waals surface area contributed by atoms with Crippen molar-refractivity contribution in [2.24, 2.45) is 5.73 Å². The summed E-state index contributed by atoms with van der Waals surface area (Å²) in [4.78, 5) is 0. The molecule has 0 aliphatic carbocycles. The molecular formula is C20H27Br2NO2. The van der Waals surface area contributed by atoms with Crippen LogP contribution >= 0.6 is 31.9 Å². The van der Waals surface area contributed by atoms with Crippen molar-refractivity contribution < 1.29 is 9.47 Å². The third kappa shape index (κ3) is 5.60. The summed E-state index contributed by atoms with van der Waals surface area (Å²) < 4.78 is 13.3. The smallest absolute Gasteiger partial charge is 0.136 e. The largest absolute Gasteiger partial charge is 0.498 e. The average Bonchev–Trinajstić information content (AvgIpc) is 2.58. The van der Waals surface area contributed by atoms with E-state index in [-0.39, 0.29) is 6.04 Å². The zero-order valence-corrected chi connectivity index (χ0v) is 18.3. The molecule has 0 amide bonds. The van der Waals surface area contributed by atoms with E-state index in [1.165, 1.54) is 5.56 Å². The van der Waals surface area contributed by atoms with Crippen molar-refractivity contribution in [1.82, 2.24) is 0 Å². The Morgan fingerprint density at radius 3 is 2.64 bits per heavy atom. The average molecular weight is 473 g/mol. The molecule has 2 aliphatic heterocycles. The van der Waals surface area contributed by atoms with Gasteiger partial charge in [0.1, 0.15) is 11.5 Å². The van der Waals surface area contributed by atoms with E-state index in [2.05, 4.69) is 63.9 Å². The quantitative estimate of drug-likeness (QED) is 0.571. The molecule has 2 N–H and O–H groups in total. The number of hydrogen-bond acceptors (Lipinski definition) is 3. The first-order chi connectivity index (χ1) is 11.9. The lowest BCUT2D eigenvalue weighted by molar-refractivity contribution is 0.175. The third-order valence-electron chi connectivity index (χ3n) is 4.43. The van der Waals surface area contributed by atoms with Crippen LogP contribution in [-0.4, -0.2) is 19.3 Å². The minimum atomic E-state index is 0.135. The van der Waals surface area contributed by atoms with E-state index in [1.54, 1.807) is 0 Å². The van der Waals surface area contributed by atoms with Gasteiger partial charge in [0, 0.05) is 24.5 Å². The molecule has 0 spiro atoms. The number of hydrogen-bond donors (Lipinski definition) is 1. The van der Waals surface area contributed by atoms with Gasteiger partial charge in [0.15, 0.2) is 0 Å². The van der Waals surface area contributed by atoms with Crippen molar-refractivity contribution in [3.63, 3.8) is 0 Å². The van der Waals surface area contributed by atoms with Crippen LogP contribution in [0.1, 0.15) is 51.5 Å². The Labute approximate surface area is 167 Å². The summed E-state index contributed by atoms with van der Waals surface area (Å²) in [7, 11) is 0. The Balaban J connectivity index is 0.000000181. The molecule has 138 valence electrons. The predicted octanol–water partition coefficient (Wildman–Crippen LogP) is 6.03. The summed E-state index contributed by atoms with van der Waals surface area (Å²) in [5, 5.41) is 0. The molecule has 0 saturated heterocycles. The van der Waals surface area contributed by atoms with Gasteiger partial charge in [-0.15, -0.1) is 0 Å². The van der Waals surface area contributed by atoms with Gasteiger partial charge in [-0.1, -0.05) is 41.9 Å². The highest BCUT2D eigenvalue weighted by atomic mass is 79.9. The van der Waals surface area contributed by atoms with E-state index < -0.39 is 0 Å². The van der Waals surface area contributed by atoms with E-state index in [4.69, 9.17) is 15.2 Å². The van der Waals surface area contributed by atoms with E-state index in [1.807, 2.05) is 13.0 Å². The molecule has 3 rings (SSSR count). The van der Waals surface area contributed by atoms with Crippen LogP contribution in [0, 0.1) is 0 Å². The third-order valence-corrected chi connectivity index (χ3v) is 5.28. The number of nitrogens with two attached hydrogens (primary N) is 1. The fraction of sp³-hybridized carbons (Fsp3) is 0.500. The van der Waals surface area contributed by atoms with Crippen molar-refractivity contribution in [3.8, 4) is 5.75 Å². The van der Waals surface area contributed by atoms with E-state index in [0.717, 1.165) is 58.5 Å². The maximum absolute atomic E-state index is 5.99. The molecule has 0 fully saturated rings. The molecule has 1 aromatic carbocycles. The fourth-order valence-corrected chi connectivity index (χ4v) is 3.76. The first-order valence-electron chi connectivity index (χ1n) is 8.80. The Morgan fingerprint density at radius 2 is 2.00 bits per heavy atom. The molecule has 1 aromatic rings. The van der Waals surface area contributed by atoms with Crippen molar-refractivity contribution in [1.29, 1.82) is 0 Å². The predicted molar refractivity (Wildman–Crippen MR) is 111 cm³/mol. The Hall–Kier alpha value is -0.780. The number of allylic oxidation sites excluding steroid dienone is 2. The molecule has 2 atom stereocenters. The van der Waals surface area contributed by atoms with Gasteiger partial charge in [-0.3, -0.25) is 0 Å². The molecule has 0 aromatic heterocycles. The van der Waals surface area contributed by atoms with Crippen LogP contribution in [0.25, 0.3) is 0 Å². The molecule has 0 bridgehead atoms. The minimum Gasteiger partial charge on any atom is -0.498 e. The molecular weight excluding hydrogens is 446 g/mol. The minimum absolute atomic E-state index is 0.135. The standard InChI is InChI=1S/C10H16BrNO.C10H11BrO/c1-3-10-8(6-7(2)11)9(12)4-5-13-10;1-7-5-6-12-10-8(7)3-2-4-9(10)11/h6,9H,3-5,12H2,1-2H3;2-4,7H,5-6H2,1H3/b7-6+;. The van der Waals surface area contributed by atoms with Gasteiger partial charge < -0.3 is 15.2 Å². The van der Waals surface area contributed by atoms with E-state index in [0.29, 0.717) is 5.92 Å². The zero-order chi connectivity index (χ0) is 18.4. The summed E-state index contributed by atoms with van der Waals surface area (Å²) in [5.41, 5.74) is 8.46. The van der Waals surface area contributed by atoms with Gasteiger partial charge in [-0.25, -0.2) is 0 Å². The van der Waals surface area contributed by atoms with Crippen molar-refractivity contribution in [2.75, 3.05) is 13.2 Å². The van der Waals surface area contributed by atoms with Crippen LogP contribution in [0.4, 0.5) is 0 Å². The van der Waals surface area contributed by atoms with E-state index in [9.17, 15) is 0 Å². The zero-order valence-electron chi connectivity index (χ0n) is 15.1. The van der Waals surface area contributed by atoms with E-state index >= 15 is 0 Å². The SMILES string of the molecule is CC1CCOc2c(Br)cccc21.CCC1=C(/C=C(\C)Br)C(N)CCO1. The number of halogens is 2. The summed E-state index contributed by atoms with van der Waals surface area (Å²) in [6.07, 6.45) is 5.02. The van der Waals surface area contributed by atoms with Gasteiger partial charge in [0.05, 0.1) is 17.7 Å². The molecule has 25 heavy (non-hydrogen) atoms. The second-order valence-corrected chi connectivity index (χ2v) is 8.51. The second kappa shape index (κ2) is 9.79. The van der Waals surface area contributed by atoms with Crippen molar-refractivity contribution in [2.45, 2.75) is 52.0 Å². The number of fused-ring (bicyclic) bond motifs is 1. The number of para-hydroxylation sites is 1. The van der Waals surface area contributed by atoms with Gasteiger partial charge in [-0.05, 0) is 57.4 Å². The van der Waals surface area contributed by atoms with Crippen LogP contribution in [0.5, 0.6) is 5.75 Å². The lowest BCUT2D eigenvalue weighted by Gasteiger charge is -2.24. The molecule has 0 radical (unpaired) electrons. The van der Waals surface area contributed by atoms with Crippen LogP contribution in [0.15, 0.2) is 44.6 Å². The van der Waals surface area contributed by atoms with Crippen LogP contribution < -0.4 is 10.5 Å². The Bertz CT molecular complexity index is 651. The Morgan fingerprint density at radius 1 is 1.28 bits per heavy atom. The van der Waals surface area contributed by atoms with Gasteiger partial charge >= 0.3 is 0 Å².